The lowest BCUT2D eigenvalue weighted by atomic mass is 9.78. The number of carbonyl (C=O) groups is 1. The predicted molar refractivity (Wildman–Crippen MR) is 104 cm³/mol. The summed E-state index contributed by atoms with van der Waals surface area (Å²) in [6.07, 6.45) is 9.27. The van der Waals surface area contributed by atoms with E-state index in [0.29, 0.717) is 12.0 Å². The minimum atomic E-state index is 0.105. The van der Waals surface area contributed by atoms with Gasteiger partial charge in [-0.25, -0.2) is 4.98 Å². The topological polar surface area (TPSA) is 42.0 Å². The Bertz CT molecular complexity index is 699. The number of carbonyl (C=O) groups excluding carboxylic acids is 1. The molecule has 1 heterocycles. The first kappa shape index (κ1) is 17.0. The van der Waals surface area contributed by atoms with E-state index in [4.69, 9.17) is 4.98 Å². The van der Waals surface area contributed by atoms with Crippen molar-refractivity contribution in [3.8, 4) is 0 Å². The number of benzene rings is 1. The van der Waals surface area contributed by atoms with E-state index in [0.717, 1.165) is 37.1 Å². The van der Waals surface area contributed by atoms with Crippen LogP contribution in [0.4, 0.5) is 0 Å². The van der Waals surface area contributed by atoms with Gasteiger partial charge in [-0.2, -0.15) is 0 Å². The van der Waals surface area contributed by atoms with Crippen LogP contribution in [0.1, 0.15) is 69.2 Å². The van der Waals surface area contributed by atoms with Crippen LogP contribution >= 0.6 is 11.3 Å². The highest BCUT2D eigenvalue weighted by Gasteiger charge is 2.35. The van der Waals surface area contributed by atoms with Gasteiger partial charge < -0.3 is 5.32 Å². The van der Waals surface area contributed by atoms with Crippen molar-refractivity contribution in [2.75, 3.05) is 0 Å². The standard InChI is InChI=1S/C21H28N2OS/c1-14-10-12-15(13-11-14)22-20(24)16-6-2-3-7-17(16)21-23-18-8-4-5-9-19(18)25-21/h4-5,8-9,14-17H,2-3,6-7,10-13H2,1H3,(H,22,24). The summed E-state index contributed by atoms with van der Waals surface area (Å²) in [6, 6.07) is 8.72. The largest absolute Gasteiger partial charge is 0.353 e. The molecule has 3 nitrogen and oxygen atoms in total. The molecule has 2 aliphatic carbocycles. The van der Waals surface area contributed by atoms with Crippen LogP contribution in [0.3, 0.4) is 0 Å². The lowest BCUT2D eigenvalue weighted by Crippen LogP contribution is -2.43. The Morgan fingerprint density at radius 2 is 1.84 bits per heavy atom. The summed E-state index contributed by atoms with van der Waals surface area (Å²) in [7, 11) is 0. The molecule has 4 heteroatoms. The maximum absolute atomic E-state index is 13.0. The third-order valence-electron chi connectivity index (χ3n) is 6.09. The van der Waals surface area contributed by atoms with E-state index in [-0.39, 0.29) is 11.8 Å². The molecule has 2 saturated carbocycles. The fourth-order valence-corrected chi connectivity index (χ4v) is 5.67. The number of thiazole rings is 1. The lowest BCUT2D eigenvalue weighted by Gasteiger charge is -2.32. The molecule has 1 aromatic carbocycles. The van der Waals surface area contributed by atoms with Crippen LogP contribution < -0.4 is 5.32 Å². The van der Waals surface area contributed by atoms with Crippen LogP contribution in [0, 0.1) is 11.8 Å². The van der Waals surface area contributed by atoms with Crippen molar-refractivity contribution in [3.63, 3.8) is 0 Å². The number of fused-ring (bicyclic) bond motifs is 1. The maximum atomic E-state index is 13.0. The predicted octanol–water partition coefficient (Wildman–Crippen LogP) is 5.27. The second-order valence-corrected chi connectivity index (χ2v) is 9.04. The second kappa shape index (κ2) is 7.45. The molecule has 4 rings (SSSR count). The van der Waals surface area contributed by atoms with Crippen molar-refractivity contribution in [2.45, 2.75) is 70.3 Å². The number of hydrogen-bond donors (Lipinski definition) is 1. The van der Waals surface area contributed by atoms with Gasteiger partial charge >= 0.3 is 0 Å². The monoisotopic (exact) mass is 356 g/mol. The molecule has 1 amide bonds. The SMILES string of the molecule is CC1CCC(NC(=O)C2CCCCC2c2nc3ccccc3s2)CC1. The van der Waals surface area contributed by atoms with Gasteiger partial charge in [0.1, 0.15) is 0 Å². The number of nitrogens with zero attached hydrogens (tertiary/aromatic N) is 1. The van der Waals surface area contributed by atoms with E-state index in [1.807, 2.05) is 6.07 Å². The molecule has 0 bridgehead atoms. The van der Waals surface area contributed by atoms with Crippen molar-refractivity contribution >= 4 is 27.5 Å². The lowest BCUT2D eigenvalue weighted by molar-refractivity contribution is -0.127. The number of aromatic nitrogens is 1. The van der Waals surface area contributed by atoms with Crippen LogP contribution in [-0.2, 0) is 4.79 Å². The molecule has 1 N–H and O–H groups in total. The van der Waals surface area contributed by atoms with Gasteiger partial charge in [0.2, 0.25) is 5.91 Å². The first-order chi connectivity index (χ1) is 12.2. The summed E-state index contributed by atoms with van der Waals surface area (Å²) in [5.41, 5.74) is 1.08. The van der Waals surface area contributed by atoms with Gasteiger partial charge in [0.05, 0.1) is 15.2 Å². The van der Waals surface area contributed by atoms with Crippen molar-refractivity contribution in [1.82, 2.24) is 10.3 Å². The Morgan fingerprint density at radius 3 is 2.64 bits per heavy atom. The summed E-state index contributed by atoms with van der Waals surface area (Å²) in [5, 5.41) is 4.55. The van der Waals surface area contributed by atoms with E-state index in [1.54, 1.807) is 11.3 Å². The molecule has 0 radical (unpaired) electrons. The number of hydrogen-bond acceptors (Lipinski definition) is 3. The van der Waals surface area contributed by atoms with Crippen molar-refractivity contribution in [3.05, 3.63) is 29.3 Å². The van der Waals surface area contributed by atoms with Gasteiger partial charge in [-0.05, 0) is 56.6 Å². The molecule has 0 aliphatic heterocycles. The quantitative estimate of drug-likeness (QED) is 0.814. The Hall–Kier alpha value is -1.42. The zero-order chi connectivity index (χ0) is 17.2. The van der Waals surface area contributed by atoms with E-state index < -0.39 is 0 Å². The van der Waals surface area contributed by atoms with E-state index in [2.05, 4.69) is 30.4 Å². The van der Waals surface area contributed by atoms with Gasteiger partial charge in [-0.3, -0.25) is 4.79 Å². The minimum absolute atomic E-state index is 0.105. The third kappa shape index (κ3) is 3.74. The molecule has 0 saturated heterocycles. The van der Waals surface area contributed by atoms with Gasteiger partial charge in [0, 0.05) is 17.9 Å². The Morgan fingerprint density at radius 1 is 1.08 bits per heavy atom. The Balaban J connectivity index is 1.49. The van der Waals surface area contributed by atoms with Crippen LogP contribution in [0.25, 0.3) is 10.2 Å². The Kier molecular flexibility index (Phi) is 5.07. The molecular weight excluding hydrogens is 328 g/mol. The smallest absolute Gasteiger partial charge is 0.224 e. The summed E-state index contributed by atoms with van der Waals surface area (Å²) >= 11 is 1.78. The van der Waals surface area contributed by atoms with Gasteiger partial charge in [0.25, 0.3) is 0 Å². The fraction of sp³-hybridized carbons (Fsp3) is 0.619. The van der Waals surface area contributed by atoms with E-state index >= 15 is 0 Å². The van der Waals surface area contributed by atoms with Crippen molar-refractivity contribution < 1.29 is 4.79 Å². The average Bonchev–Trinajstić information content (AvgIpc) is 3.07. The molecule has 134 valence electrons. The maximum Gasteiger partial charge on any atom is 0.224 e. The van der Waals surface area contributed by atoms with Crippen LogP contribution in [-0.4, -0.2) is 16.9 Å². The number of para-hydroxylation sites is 1. The molecule has 2 aliphatic rings. The average molecular weight is 357 g/mol. The summed E-state index contributed by atoms with van der Waals surface area (Å²) in [5.74, 6) is 1.50. The summed E-state index contributed by atoms with van der Waals surface area (Å²) < 4.78 is 1.24. The highest BCUT2D eigenvalue weighted by atomic mass is 32.1. The highest BCUT2D eigenvalue weighted by Crippen LogP contribution is 2.41. The molecule has 2 unspecified atom stereocenters. The van der Waals surface area contributed by atoms with E-state index in [1.165, 1.54) is 35.4 Å². The van der Waals surface area contributed by atoms with Crippen molar-refractivity contribution in [2.24, 2.45) is 11.8 Å². The molecular formula is C21H28N2OS. The molecule has 2 fully saturated rings. The third-order valence-corrected chi connectivity index (χ3v) is 7.26. The van der Waals surface area contributed by atoms with Crippen LogP contribution in [0.5, 0.6) is 0 Å². The zero-order valence-corrected chi connectivity index (χ0v) is 15.9. The molecule has 1 aromatic heterocycles. The minimum Gasteiger partial charge on any atom is -0.353 e. The second-order valence-electron chi connectivity index (χ2n) is 7.98. The zero-order valence-electron chi connectivity index (χ0n) is 15.0. The first-order valence-electron chi connectivity index (χ1n) is 9.86. The normalized spacial score (nSPS) is 30.3. The Labute approximate surface area is 154 Å². The molecule has 0 spiro atoms. The van der Waals surface area contributed by atoms with Crippen LogP contribution in [0.15, 0.2) is 24.3 Å². The van der Waals surface area contributed by atoms with Crippen molar-refractivity contribution in [1.29, 1.82) is 0 Å². The highest BCUT2D eigenvalue weighted by molar-refractivity contribution is 7.18. The van der Waals surface area contributed by atoms with Gasteiger partial charge in [-0.15, -0.1) is 11.3 Å². The van der Waals surface area contributed by atoms with E-state index in [9.17, 15) is 4.79 Å². The van der Waals surface area contributed by atoms with Gasteiger partial charge in [-0.1, -0.05) is 31.9 Å². The number of rotatable bonds is 3. The van der Waals surface area contributed by atoms with Gasteiger partial charge in [0.15, 0.2) is 0 Å². The van der Waals surface area contributed by atoms with Crippen LogP contribution in [0.2, 0.25) is 0 Å². The molecule has 25 heavy (non-hydrogen) atoms. The fourth-order valence-electron chi connectivity index (χ4n) is 4.50. The number of amides is 1. The molecule has 2 atom stereocenters. The number of nitrogens with one attached hydrogen (secondary N) is 1. The summed E-state index contributed by atoms with van der Waals surface area (Å²) in [4.78, 5) is 17.9. The molecule has 2 aromatic rings. The first-order valence-corrected chi connectivity index (χ1v) is 10.7. The summed E-state index contributed by atoms with van der Waals surface area (Å²) in [6.45, 7) is 2.32.